The Morgan fingerprint density at radius 2 is 1.72 bits per heavy atom. The Bertz CT molecular complexity index is 1020. The van der Waals surface area contributed by atoms with Gasteiger partial charge in [0.1, 0.15) is 0 Å². The van der Waals surface area contributed by atoms with Crippen LogP contribution in [-0.2, 0) is 6.42 Å². The van der Waals surface area contributed by atoms with Crippen LogP contribution in [0.15, 0.2) is 47.8 Å². The average molecular weight is 408 g/mol. The summed E-state index contributed by atoms with van der Waals surface area (Å²) in [4.78, 5) is 16.7. The minimum atomic E-state index is -0.133. The zero-order chi connectivity index (χ0) is 20.5. The van der Waals surface area contributed by atoms with Crippen molar-refractivity contribution >= 4 is 17.2 Å². The van der Waals surface area contributed by atoms with Crippen LogP contribution < -0.4 is 9.47 Å². The van der Waals surface area contributed by atoms with Gasteiger partial charge in [-0.25, -0.2) is 0 Å². The first-order chi connectivity index (χ1) is 14.0. The minimum Gasteiger partial charge on any atom is -0.493 e. The van der Waals surface area contributed by atoms with E-state index in [1.165, 1.54) is 5.56 Å². The van der Waals surface area contributed by atoms with Gasteiger partial charge in [-0.3, -0.25) is 4.79 Å². The van der Waals surface area contributed by atoms with E-state index in [4.69, 9.17) is 9.47 Å². The number of aryl methyl sites for hydroxylation is 2. The number of thiophene rings is 1. The molecule has 2 heterocycles. The molecule has 29 heavy (non-hydrogen) atoms. The Morgan fingerprint density at radius 3 is 2.34 bits per heavy atom. The highest BCUT2D eigenvalue weighted by Crippen LogP contribution is 2.42. The SMILES string of the molecule is COc1cc2c(cc1OC)C(c1cccs1)N(C(=O)c1cc(C)cc(C)c1)CC2. The molecule has 150 valence electrons. The summed E-state index contributed by atoms with van der Waals surface area (Å²) in [5, 5.41) is 2.06. The zero-order valence-corrected chi connectivity index (χ0v) is 18.0. The van der Waals surface area contributed by atoms with Gasteiger partial charge in [-0.2, -0.15) is 0 Å². The van der Waals surface area contributed by atoms with Gasteiger partial charge in [0, 0.05) is 17.0 Å². The normalized spacial score (nSPS) is 15.7. The Morgan fingerprint density at radius 1 is 1.03 bits per heavy atom. The van der Waals surface area contributed by atoms with Gasteiger partial charge in [0.25, 0.3) is 5.91 Å². The van der Waals surface area contributed by atoms with E-state index < -0.39 is 0 Å². The van der Waals surface area contributed by atoms with Crippen LogP contribution in [0.3, 0.4) is 0 Å². The fourth-order valence-corrected chi connectivity index (χ4v) is 5.04. The molecule has 3 aromatic rings. The van der Waals surface area contributed by atoms with Gasteiger partial charge in [0.2, 0.25) is 0 Å². The van der Waals surface area contributed by atoms with Gasteiger partial charge in [-0.1, -0.05) is 23.3 Å². The summed E-state index contributed by atoms with van der Waals surface area (Å²) in [5.41, 5.74) is 5.25. The van der Waals surface area contributed by atoms with Gasteiger partial charge in [0.05, 0.1) is 20.3 Å². The maximum atomic E-state index is 13.6. The van der Waals surface area contributed by atoms with Crippen LogP contribution in [0, 0.1) is 13.8 Å². The predicted molar refractivity (Wildman–Crippen MR) is 116 cm³/mol. The second kappa shape index (κ2) is 7.91. The average Bonchev–Trinajstić information content (AvgIpc) is 3.24. The molecule has 0 radical (unpaired) electrons. The molecule has 0 saturated heterocycles. The molecule has 0 fully saturated rings. The standard InChI is InChI=1S/C24H25NO3S/c1-15-10-16(2)12-18(11-15)24(26)25-8-7-17-13-20(27-3)21(28-4)14-19(17)23(25)22-6-5-9-29-22/h5-6,9-14,23H,7-8H2,1-4H3. The molecule has 2 aromatic carbocycles. The number of amides is 1. The van der Waals surface area contributed by atoms with Gasteiger partial charge >= 0.3 is 0 Å². The van der Waals surface area contributed by atoms with E-state index in [-0.39, 0.29) is 11.9 Å². The van der Waals surface area contributed by atoms with Crippen molar-refractivity contribution in [1.29, 1.82) is 0 Å². The number of methoxy groups -OCH3 is 2. The maximum Gasteiger partial charge on any atom is 0.254 e. The van der Waals surface area contributed by atoms with E-state index in [0.717, 1.165) is 39.3 Å². The molecule has 0 aliphatic carbocycles. The first-order valence-electron chi connectivity index (χ1n) is 9.69. The molecule has 1 amide bonds. The Labute approximate surface area is 175 Å². The maximum absolute atomic E-state index is 13.6. The number of carbonyl (C=O) groups excluding carboxylic acids is 1. The van der Waals surface area contributed by atoms with E-state index in [1.807, 2.05) is 49.1 Å². The van der Waals surface area contributed by atoms with Crippen LogP contribution >= 0.6 is 11.3 Å². The number of rotatable bonds is 4. The van der Waals surface area contributed by atoms with Crippen LogP contribution in [0.5, 0.6) is 11.5 Å². The number of ether oxygens (including phenoxy) is 2. The summed E-state index contributed by atoms with van der Waals surface area (Å²) in [6, 6.07) is 14.1. The van der Waals surface area contributed by atoms with Crippen molar-refractivity contribution in [3.8, 4) is 11.5 Å². The second-order valence-electron chi connectivity index (χ2n) is 7.45. The summed E-state index contributed by atoms with van der Waals surface area (Å²) in [5.74, 6) is 1.48. The molecule has 4 rings (SSSR count). The van der Waals surface area contributed by atoms with Crippen molar-refractivity contribution in [3.63, 3.8) is 0 Å². The monoisotopic (exact) mass is 407 g/mol. The summed E-state index contributed by atoms with van der Waals surface area (Å²) < 4.78 is 11.1. The first kappa shape index (κ1) is 19.5. The zero-order valence-electron chi connectivity index (χ0n) is 17.2. The second-order valence-corrected chi connectivity index (χ2v) is 8.43. The number of hydrogen-bond acceptors (Lipinski definition) is 4. The highest BCUT2D eigenvalue weighted by Gasteiger charge is 2.34. The van der Waals surface area contributed by atoms with Crippen molar-refractivity contribution in [2.24, 2.45) is 0 Å². The molecule has 1 aliphatic heterocycles. The smallest absolute Gasteiger partial charge is 0.254 e. The number of benzene rings is 2. The highest BCUT2D eigenvalue weighted by atomic mass is 32.1. The predicted octanol–water partition coefficient (Wildman–Crippen LogP) is 5.17. The number of hydrogen-bond donors (Lipinski definition) is 0. The molecule has 0 bridgehead atoms. The summed E-state index contributed by atoms with van der Waals surface area (Å²) >= 11 is 1.67. The Hall–Kier alpha value is -2.79. The molecule has 0 N–H and O–H groups in total. The molecular formula is C24H25NO3S. The lowest BCUT2D eigenvalue weighted by Crippen LogP contribution is -2.40. The Balaban J connectivity index is 1.82. The van der Waals surface area contributed by atoms with E-state index in [9.17, 15) is 4.79 Å². The molecule has 1 aliphatic rings. The lowest BCUT2D eigenvalue weighted by molar-refractivity contribution is 0.0696. The summed E-state index contributed by atoms with van der Waals surface area (Å²) in [7, 11) is 3.30. The molecule has 1 unspecified atom stereocenters. The minimum absolute atomic E-state index is 0.0654. The number of fused-ring (bicyclic) bond motifs is 1. The largest absolute Gasteiger partial charge is 0.493 e. The van der Waals surface area contributed by atoms with Crippen molar-refractivity contribution in [2.75, 3.05) is 20.8 Å². The van der Waals surface area contributed by atoms with Crippen LogP contribution in [0.25, 0.3) is 0 Å². The number of nitrogens with zero attached hydrogens (tertiary/aromatic N) is 1. The van der Waals surface area contributed by atoms with E-state index in [0.29, 0.717) is 12.3 Å². The highest BCUT2D eigenvalue weighted by molar-refractivity contribution is 7.10. The van der Waals surface area contributed by atoms with Gasteiger partial charge in [-0.05, 0) is 67.1 Å². The lowest BCUT2D eigenvalue weighted by Gasteiger charge is -2.37. The molecule has 4 nitrogen and oxygen atoms in total. The molecule has 0 spiro atoms. The van der Waals surface area contributed by atoms with Crippen molar-refractivity contribution in [3.05, 3.63) is 80.5 Å². The number of carbonyl (C=O) groups is 1. The van der Waals surface area contributed by atoms with Crippen molar-refractivity contribution < 1.29 is 14.3 Å². The molecule has 0 saturated carbocycles. The quantitative estimate of drug-likeness (QED) is 0.599. The summed E-state index contributed by atoms with van der Waals surface area (Å²) in [6.07, 6.45) is 0.786. The first-order valence-corrected chi connectivity index (χ1v) is 10.6. The topological polar surface area (TPSA) is 38.8 Å². The van der Waals surface area contributed by atoms with Gasteiger partial charge in [-0.15, -0.1) is 11.3 Å². The van der Waals surface area contributed by atoms with Crippen LogP contribution in [0.4, 0.5) is 0 Å². The van der Waals surface area contributed by atoms with E-state index in [1.54, 1.807) is 25.6 Å². The summed E-state index contributed by atoms with van der Waals surface area (Å²) in [6.45, 7) is 4.73. The third-order valence-corrected chi connectivity index (χ3v) is 6.34. The van der Waals surface area contributed by atoms with E-state index in [2.05, 4.69) is 17.5 Å². The van der Waals surface area contributed by atoms with Gasteiger partial charge < -0.3 is 14.4 Å². The molecular weight excluding hydrogens is 382 g/mol. The third-order valence-electron chi connectivity index (χ3n) is 5.42. The van der Waals surface area contributed by atoms with Crippen LogP contribution in [0.1, 0.15) is 43.5 Å². The fourth-order valence-electron chi connectivity index (χ4n) is 4.18. The van der Waals surface area contributed by atoms with E-state index >= 15 is 0 Å². The van der Waals surface area contributed by atoms with Crippen molar-refractivity contribution in [1.82, 2.24) is 4.90 Å². The van der Waals surface area contributed by atoms with Gasteiger partial charge in [0.15, 0.2) is 11.5 Å². The van der Waals surface area contributed by atoms with Crippen LogP contribution in [-0.4, -0.2) is 31.6 Å². The molecule has 5 heteroatoms. The Kier molecular flexibility index (Phi) is 5.33. The molecule has 1 atom stereocenters. The van der Waals surface area contributed by atoms with Crippen molar-refractivity contribution in [2.45, 2.75) is 26.3 Å². The lowest BCUT2D eigenvalue weighted by atomic mass is 9.90. The third kappa shape index (κ3) is 3.62. The fraction of sp³-hybridized carbons (Fsp3) is 0.292. The molecule has 1 aromatic heterocycles. The van der Waals surface area contributed by atoms with Crippen LogP contribution in [0.2, 0.25) is 0 Å².